The van der Waals surface area contributed by atoms with Crippen molar-refractivity contribution >= 4 is 5.97 Å². The molecule has 0 bridgehead atoms. The Balaban J connectivity index is 4.45. The van der Waals surface area contributed by atoms with Gasteiger partial charge in [0.15, 0.2) is 0 Å². The highest BCUT2D eigenvalue weighted by molar-refractivity contribution is 5.75. The number of ether oxygens (including phenoxy) is 1. The van der Waals surface area contributed by atoms with Crippen LogP contribution in [0.5, 0.6) is 0 Å². The Morgan fingerprint density at radius 1 is 1.43 bits per heavy atom. The first-order valence-corrected chi connectivity index (χ1v) is 4.73. The standard InChI is InChI=1S/C12H20O2/c1-6-7-8-9-10(2)14-11(13)12(3,4)5/h6-10H,1-5H3/b7-6+,9-8+/i10D. The smallest absolute Gasteiger partial charge is 0.311 e. The largest absolute Gasteiger partial charge is 0.458 e. The maximum absolute atomic E-state index is 11.5. The minimum Gasteiger partial charge on any atom is -0.458 e. The van der Waals surface area contributed by atoms with Crippen molar-refractivity contribution in [3.8, 4) is 0 Å². The molecule has 0 rings (SSSR count). The molecule has 0 N–H and O–H groups in total. The molecule has 0 aromatic heterocycles. The van der Waals surface area contributed by atoms with Gasteiger partial charge < -0.3 is 4.74 Å². The van der Waals surface area contributed by atoms with Gasteiger partial charge in [-0.05, 0) is 40.7 Å². The molecule has 0 aromatic carbocycles. The average Bonchev–Trinajstić information content (AvgIpc) is 2.01. The molecule has 0 aromatic rings. The van der Waals surface area contributed by atoms with E-state index < -0.39 is 11.5 Å². The molecule has 0 fully saturated rings. The van der Waals surface area contributed by atoms with E-state index in [2.05, 4.69) is 0 Å². The molecule has 0 aliphatic heterocycles. The Morgan fingerprint density at radius 3 is 2.43 bits per heavy atom. The first-order valence-electron chi connectivity index (χ1n) is 5.23. The molecule has 2 nitrogen and oxygen atoms in total. The van der Waals surface area contributed by atoms with E-state index in [1.807, 2.05) is 13.0 Å². The van der Waals surface area contributed by atoms with Gasteiger partial charge in [-0.1, -0.05) is 18.2 Å². The SMILES string of the molecule is [2H]C(C)(/C=C/C=C/C)OC(=O)C(C)(C)C. The second-order valence-electron chi connectivity index (χ2n) is 4.14. The summed E-state index contributed by atoms with van der Waals surface area (Å²) in [5.41, 5.74) is -0.573. The number of allylic oxidation sites excluding steroid dienone is 3. The van der Waals surface area contributed by atoms with Crippen LogP contribution in [0.25, 0.3) is 0 Å². The Morgan fingerprint density at radius 2 is 2.00 bits per heavy atom. The van der Waals surface area contributed by atoms with Gasteiger partial charge in [0.1, 0.15) is 6.08 Å². The van der Waals surface area contributed by atoms with Crippen molar-refractivity contribution in [2.45, 2.75) is 40.7 Å². The number of carbonyl (C=O) groups excluding carboxylic acids is 1. The van der Waals surface area contributed by atoms with E-state index in [-0.39, 0.29) is 5.97 Å². The fourth-order valence-corrected chi connectivity index (χ4v) is 0.636. The molecule has 0 aliphatic rings. The van der Waals surface area contributed by atoms with Crippen LogP contribution in [0.4, 0.5) is 0 Å². The third-order valence-electron chi connectivity index (χ3n) is 1.50. The van der Waals surface area contributed by atoms with E-state index in [0.29, 0.717) is 0 Å². The summed E-state index contributed by atoms with van der Waals surface area (Å²) in [6.07, 6.45) is 5.57. The fourth-order valence-electron chi connectivity index (χ4n) is 0.636. The lowest BCUT2D eigenvalue weighted by molar-refractivity contribution is -0.155. The van der Waals surface area contributed by atoms with Crippen LogP contribution in [0.1, 0.15) is 36.0 Å². The van der Waals surface area contributed by atoms with Crippen LogP contribution in [0.2, 0.25) is 0 Å². The zero-order valence-electron chi connectivity index (χ0n) is 10.6. The monoisotopic (exact) mass is 197 g/mol. The van der Waals surface area contributed by atoms with Crippen LogP contribution < -0.4 is 0 Å². The van der Waals surface area contributed by atoms with E-state index in [1.165, 1.54) is 13.0 Å². The highest BCUT2D eigenvalue weighted by Crippen LogP contribution is 2.16. The van der Waals surface area contributed by atoms with Crippen molar-refractivity contribution in [3.05, 3.63) is 24.3 Å². The average molecular weight is 197 g/mol. The van der Waals surface area contributed by atoms with Crippen LogP contribution in [0, 0.1) is 5.41 Å². The van der Waals surface area contributed by atoms with E-state index in [0.717, 1.165) is 0 Å². The van der Waals surface area contributed by atoms with Crippen LogP contribution in [0.15, 0.2) is 24.3 Å². The van der Waals surface area contributed by atoms with Crippen molar-refractivity contribution < 1.29 is 10.9 Å². The molecular weight excluding hydrogens is 176 g/mol. The molecule has 0 aliphatic carbocycles. The first-order chi connectivity index (χ1) is 6.69. The zero-order valence-corrected chi connectivity index (χ0v) is 9.63. The number of rotatable bonds is 3. The first kappa shape index (κ1) is 11.0. The molecule has 0 saturated carbocycles. The van der Waals surface area contributed by atoms with Crippen molar-refractivity contribution in [2.75, 3.05) is 0 Å². The predicted molar refractivity (Wildman–Crippen MR) is 59.0 cm³/mol. The Kier molecular flexibility index (Phi) is 4.44. The Bertz CT molecular complexity index is 270. The van der Waals surface area contributed by atoms with Gasteiger partial charge in [-0.3, -0.25) is 4.79 Å². The minimum absolute atomic E-state index is 0.370. The molecule has 0 heterocycles. The highest BCUT2D eigenvalue weighted by atomic mass is 16.5. The Labute approximate surface area is 88.1 Å². The number of carbonyl (C=O) groups is 1. The van der Waals surface area contributed by atoms with Gasteiger partial charge in [-0.2, -0.15) is 0 Å². The Hall–Kier alpha value is -1.05. The van der Waals surface area contributed by atoms with Crippen molar-refractivity contribution in [1.29, 1.82) is 0 Å². The summed E-state index contributed by atoms with van der Waals surface area (Å²) in [5, 5.41) is 0. The lowest BCUT2D eigenvalue weighted by atomic mass is 9.97. The van der Waals surface area contributed by atoms with E-state index in [4.69, 9.17) is 6.11 Å². The van der Waals surface area contributed by atoms with E-state index in [1.54, 1.807) is 32.9 Å². The summed E-state index contributed by atoms with van der Waals surface area (Å²) in [6.45, 7) is 8.71. The van der Waals surface area contributed by atoms with Gasteiger partial charge in [0, 0.05) is 0 Å². The normalized spacial score (nSPS) is 18.2. The highest BCUT2D eigenvalue weighted by Gasteiger charge is 2.23. The summed E-state index contributed by atoms with van der Waals surface area (Å²) in [5.74, 6) is -0.370. The molecule has 0 radical (unpaired) electrons. The molecule has 0 spiro atoms. The van der Waals surface area contributed by atoms with Crippen molar-refractivity contribution in [3.63, 3.8) is 0 Å². The fraction of sp³-hybridized carbons (Fsp3) is 0.583. The summed E-state index contributed by atoms with van der Waals surface area (Å²) in [7, 11) is 0. The van der Waals surface area contributed by atoms with Crippen LogP contribution in [0.3, 0.4) is 0 Å². The van der Waals surface area contributed by atoms with Crippen LogP contribution in [-0.2, 0) is 9.53 Å². The molecule has 0 saturated heterocycles. The molecule has 0 amide bonds. The van der Waals surface area contributed by atoms with Crippen LogP contribution in [-0.4, -0.2) is 12.0 Å². The van der Waals surface area contributed by atoms with Gasteiger partial charge >= 0.3 is 5.97 Å². The molecule has 1 atom stereocenters. The quantitative estimate of drug-likeness (QED) is 0.513. The summed E-state index contributed by atoms with van der Waals surface area (Å²) >= 11 is 0. The molecular formula is C12H20O2. The van der Waals surface area contributed by atoms with E-state index in [9.17, 15) is 4.79 Å². The molecule has 14 heavy (non-hydrogen) atoms. The van der Waals surface area contributed by atoms with Gasteiger partial charge in [-0.25, -0.2) is 0 Å². The lowest BCUT2D eigenvalue weighted by Crippen LogP contribution is -2.26. The second-order valence-corrected chi connectivity index (χ2v) is 4.14. The van der Waals surface area contributed by atoms with Crippen molar-refractivity contribution in [2.24, 2.45) is 5.41 Å². The van der Waals surface area contributed by atoms with Crippen molar-refractivity contribution in [1.82, 2.24) is 0 Å². The predicted octanol–water partition coefficient (Wildman–Crippen LogP) is 3.10. The summed E-state index contributed by atoms with van der Waals surface area (Å²) in [6, 6.07) is 0. The number of hydrogen-bond acceptors (Lipinski definition) is 2. The molecule has 80 valence electrons. The summed E-state index contributed by atoms with van der Waals surface area (Å²) in [4.78, 5) is 11.5. The van der Waals surface area contributed by atoms with Crippen LogP contribution >= 0.6 is 0 Å². The lowest BCUT2D eigenvalue weighted by Gasteiger charge is -2.18. The summed E-state index contributed by atoms with van der Waals surface area (Å²) < 4.78 is 12.8. The minimum atomic E-state index is -1.30. The third-order valence-corrected chi connectivity index (χ3v) is 1.50. The maximum atomic E-state index is 11.5. The number of esters is 1. The second kappa shape index (κ2) is 5.63. The third kappa shape index (κ3) is 5.57. The maximum Gasteiger partial charge on any atom is 0.311 e. The van der Waals surface area contributed by atoms with Gasteiger partial charge in [-0.15, -0.1) is 0 Å². The molecule has 1 unspecified atom stereocenters. The topological polar surface area (TPSA) is 26.3 Å². The van der Waals surface area contributed by atoms with E-state index >= 15 is 0 Å². The number of hydrogen-bond donors (Lipinski definition) is 0. The van der Waals surface area contributed by atoms with Gasteiger partial charge in [0.05, 0.1) is 6.79 Å². The zero-order chi connectivity index (χ0) is 12.1. The molecule has 2 heteroatoms. The van der Waals surface area contributed by atoms with Gasteiger partial charge in [0.25, 0.3) is 0 Å². The van der Waals surface area contributed by atoms with Gasteiger partial charge in [0.2, 0.25) is 0 Å².